The molecule has 10 heteroatoms. The molecule has 2 rings (SSSR count). The van der Waals surface area contributed by atoms with Gasteiger partial charge in [-0.3, -0.25) is 4.79 Å². The maximum atomic E-state index is 14.4. The van der Waals surface area contributed by atoms with Crippen molar-refractivity contribution < 1.29 is 38.1 Å². The molecule has 0 spiro atoms. The van der Waals surface area contributed by atoms with Gasteiger partial charge in [0, 0.05) is 32.1 Å². The van der Waals surface area contributed by atoms with Crippen LogP contribution in [0.3, 0.4) is 0 Å². The molecule has 0 aromatic heterocycles. The highest BCUT2D eigenvalue weighted by Gasteiger charge is 2.49. The van der Waals surface area contributed by atoms with Crippen molar-refractivity contribution in [1.82, 2.24) is 5.32 Å². The smallest absolute Gasteiger partial charge is 0.339 e. The van der Waals surface area contributed by atoms with Crippen molar-refractivity contribution in [3.8, 4) is 11.1 Å². The summed E-state index contributed by atoms with van der Waals surface area (Å²) < 4.78 is 30.2. The number of methoxy groups -OCH3 is 2. The number of carbonyl (C=O) groups is 3. The minimum Gasteiger partial charge on any atom is -0.467 e. The van der Waals surface area contributed by atoms with Crippen molar-refractivity contribution >= 4 is 29.6 Å². The quantitative estimate of drug-likeness (QED) is 0.0591. The van der Waals surface area contributed by atoms with E-state index in [1.165, 1.54) is 58.1 Å². The van der Waals surface area contributed by atoms with Crippen LogP contribution in [-0.4, -0.2) is 72.5 Å². The summed E-state index contributed by atoms with van der Waals surface area (Å²) in [5.41, 5.74) is -1.41. The molecule has 0 saturated carbocycles. The molecular formula is C42H62FNO7S. The molecule has 3 atom stereocenters. The van der Waals surface area contributed by atoms with E-state index in [9.17, 15) is 23.9 Å². The zero-order chi connectivity index (χ0) is 38.4. The molecule has 290 valence electrons. The number of amides is 1. The van der Waals surface area contributed by atoms with Crippen LogP contribution in [-0.2, 0) is 35.0 Å². The van der Waals surface area contributed by atoms with Crippen LogP contribution in [0.15, 0.2) is 60.7 Å². The van der Waals surface area contributed by atoms with Gasteiger partial charge in [0.2, 0.25) is 5.91 Å². The fraction of sp³-hybridized carbons (Fsp3) is 0.595. The molecule has 0 bridgehead atoms. The Balaban J connectivity index is 2.18. The predicted molar refractivity (Wildman–Crippen MR) is 209 cm³/mol. The van der Waals surface area contributed by atoms with Gasteiger partial charge < -0.3 is 24.6 Å². The number of carbonyl (C=O) groups excluding carboxylic acids is 3. The number of halogens is 1. The number of esters is 2. The van der Waals surface area contributed by atoms with Crippen LogP contribution in [0.4, 0.5) is 4.39 Å². The first-order valence-corrected chi connectivity index (χ1v) is 19.9. The number of hydrogen-bond acceptors (Lipinski definition) is 8. The highest BCUT2D eigenvalue weighted by molar-refractivity contribution is 7.99. The van der Waals surface area contributed by atoms with Gasteiger partial charge in [-0.25, -0.2) is 14.0 Å². The SMILES string of the molecule is CCCCCCCSCCCCCC/C=C/[C@H](C(=O)N[C@@H](Cc1ccc(-c2ccccc2F)cc1)C(=O)OC)[C@@](O)(CCOC)C(=O)OC(C)(C)C. The molecule has 8 nitrogen and oxygen atoms in total. The van der Waals surface area contributed by atoms with E-state index in [4.69, 9.17) is 14.2 Å². The van der Waals surface area contributed by atoms with Crippen LogP contribution >= 0.6 is 11.8 Å². The molecule has 0 unspecified atom stereocenters. The average molecular weight is 744 g/mol. The summed E-state index contributed by atoms with van der Waals surface area (Å²) in [4.78, 5) is 40.6. The van der Waals surface area contributed by atoms with Crippen molar-refractivity contribution in [2.24, 2.45) is 5.92 Å². The number of aliphatic hydroxyl groups is 1. The molecule has 2 aromatic rings. The summed E-state index contributed by atoms with van der Waals surface area (Å²) in [7, 11) is 2.67. The van der Waals surface area contributed by atoms with Crippen LogP contribution in [0, 0.1) is 11.7 Å². The van der Waals surface area contributed by atoms with Gasteiger partial charge in [0.15, 0.2) is 5.60 Å². The van der Waals surface area contributed by atoms with Gasteiger partial charge in [0.25, 0.3) is 0 Å². The van der Waals surface area contributed by atoms with Crippen molar-refractivity contribution in [3.05, 3.63) is 72.1 Å². The summed E-state index contributed by atoms with van der Waals surface area (Å²) in [6, 6.07) is 12.3. The molecule has 1 amide bonds. The average Bonchev–Trinajstić information content (AvgIpc) is 3.11. The first kappa shape index (κ1) is 44.9. The van der Waals surface area contributed by atoms with Crippen molar-refractivity contribution in [2.45, 2.75) is 122 Å². The predicted octanol–water partition coefficient (Wildman–Crippen LogP) is 8.63. The monoisotopic (exact) mass is 743 g/mol. The van der Waals surface area contributed by atoms with E-state index in [-0.39, 0.29) is 25.3 Å². The van der Waals surface area contributed by atoms with Crippen molar-refractivity contribution in [1.29, 1.82) is 0 Å². The summed E-state index contributed by atoms with van der Waals surface area (Å²) >= 11 is 2.02. The topological polar surface area (TPSA) is 111 Å². The Hall–Kier alpha value is -3.21. The summed E-state index contributed by atoms with van der Waals surface area (Å²) in [5, 5.41) is 14.7. The highest BCUT2D eigenvalue weighted by Crippen LogP contribution is 2.29. The van der Waals surface area contributed by atoms with Gasteiger partial charge in [-0.05, 0) is 75.2 Å². The molecule has 0 aliphatic rings. The summed E-state index contributed by atoms with van der Waals surface area (Å²) in [5.74, 6) is -1.74. The lowest BCUT2D eigenvalue weighted by atomic mass is 9.82. The largest absolute Gasteiger partial charge is 0.467 e. The number of allylic oxidation sites excluding steroid dienone is 1. The lowest BCUT2D eigenvalue weighted by molar-refractivity contribution is -0.185. The Morgan fingerprint density at radius 3 is 2.13 bits per heavy atom. The minimum atomic E-state index is -2.28. The van der Waals surface area contributed by atoms with Gasteiger partial charge >= 0.3 is 11.9 Å². The molecule has 0 aliphatic heterocycles. The number of hydrogen-bond donors (Lipinski definition) is 2. The van der Waals surface area contributed by atoms with Gasteiger partial charge in [-0.15, -0.1) is 0 Å². The Kier molecular flexibility index (Phi) is 20.9. The third-order valence-electron chi connectivity index (χ3n) is 8.75. The fourth-order valence-electron chi connectivity index (χ4n) is 5.78. The Labute approximate surface area is 315 Å². The number of ether oxygens (including phenoxy) is 3. The third-order valence-corrected chi connectivity index (χ3v) is 9.90. The van der Waals surface area contributed by atoms with Gasteiger partial charge in [0.05, 0.1) is 13.0 Å². The second kappa shape index (κ2) is 24.2. The molecule has 0 fully saturated rings. The number of rotatable bonds is 25. The Morgan fingerprint density at radius 1 is 0.904 bits per heavy atom. The highest BCUT2D eigenvalue weighted by atomic mass is 32.2. The van der Waals surface area contributed by atoms with Crippen LogP contribution in [0.5, 0.6) is 0 Å². The van der Waals surface area contributed by atoms with E-state index >= 15 is 0 Å². The molecule has 0 saturated heterocycles. The van der Waals surface area contributed by atoms with Crippen LogP contribution < -0.4 is 5.32 Å². The second-order valence-corrected chi connectivity index (χ2v) is 15.5. The first-order valence-electron chi connectivity index (χ1n) is 18.8. The molecule has 0 radical (unpaired) electrons. The molecule has 2 N–H and O–H groups in total. The van der Waals surface area contributed by atoms with E-state index in [1.807, 2.05) is 17.8 Å². The third kappa shape index (κ3) is 16.2. The zero-order valence-corrected chi connectivity index (χ0v) is 33.0. The van der Waals surface area contributed by atoms with Crippen molar-refractivity contribution in [3.63, 3.8) is 0 Å². The van der Waals surface area contributed by atoms with Crippen molar-refractivity contribution in [2.75, 3.05) is 32.3 Å². The maximum absolute atomic E-state index is 14.4. The standard InChI is InChI=1S/C42H62FNO7S/c1-7-8-9-13-18-29-52-30-19-14-11-10-12-15-21-35(42(48,27-28-49-5)40(47)51-41(2,3)4)38(45)44-37(39(46)50-6)31-32-23-25-33(26-24-32)34-20-16-17-22-36(34)43/h15-17,20-26,35,37,48H,7-14,18-19,27-31H2,1-6H3,(H,44,45)/b21-15+/t35-,37+,42+/m1/s1. The lowest BCUT2D eigenvalue weighted by Crippen LogP contribution is -2.56. The van der Waals surface area contributed by atoms with E-state index in [0.717, 1.165) is 31.4 Å². The molecular weight excluding hydrogens is 682 g/mol. The van der Waals surface area contributed by atoms with Gasteiger partial charge in [-0.1, -0.05) is 100 Å². The van der Waals surface area contributed by atoms with Crippen LogP contribution in [0.1, 0.15) is 104 Å². The molecule has 2 aromatic carbocycles. The molecule has 0 heterocycles. The van der Waals surface area contributed by atoms with Crippen LogP contribution in [0.2, 0.25) is 0 Å². The minimum absolute atomic E-state index is 0.0150. The second-order valence-electron chi connectivity index (χ2n) is 14.3. The molecule has 52 heavy (non-hydrogen) atoms. The van der Waals surface area contributed by atoms with E-state index < -0.39 is 41.0 Å². The Bertz CT molecular complexity index is 1380. The number of thioether (sulfide) groups is 1. The fourth-order valence-corrected chi connectivity index (χ4v) is 6.80. The van der Waals surface area contributed by atoms with Gasteiger partial charge in [-0.2, -0.15) is 11.8 Å². The van der Waals surface area contributed by atoms with E-state index in [1.54, 1.807) is 69.3 Å². The first-order chi connectivity index (χ1) is 24.9. The normalized spacial score (nSPS) is 14.1. The zero-order valence-electron chi connectivity index (χ0n) is 32.2. The summed E-state index contributed by atoms with van der Waals surface area (Å²) in [6.07, 6.45) is 14.6. The van der Waals surface area contributed by atoms with Crippen LogP contribution in [0.25, 0.3) is 11.1 Å². The maximum Gasteiger partial charge on any atom is 0.339 e. The number of benzene rings is 2. The summed E-state index contributed by atoms with van der Waals surface area (Å²) in [6.45, 7) is 7.27. The molecule has 0 aliphatic carbocycles. The number of nitrogens with one attached hydrogen (secondary N) is 1. The Morgan fingerprint density at radius 2 is 1.54 bits per heavy atom. The van der Waals surface area contributed by atoms with Gasteiger partial charge in [0.1, 0.15) is 17.5 Å². The lowest BCUT2D eigenvalue weighted by Gasteiger charge is -2.35. The number of unbranched alkanes of at least 4 members (excludes halogenated alkanes) is 8. The van der Waals surface area contributed by atoms with E-state index in [2.05, 4.69) is 12.2 Å². The van der Waals surface area contributed by atoms with E-state index in [0.29, 0.717) is 23.1 Å².